The molecule has 0 saturated carbocycles. The molecule has 1 amide bonds. The zero-order valence-electron chi connectivity index (χ0n) is 15.6. The standard InChI is InChI=1S/C20H17ClN4O4/c1-12-3-5-14(6-4-12)17-9-10-19(26)24(23-17)13(2)20(27)22-15-7-8-16(21)18(11-15)25(28)29/h3-11,13H,1-2H3,(H,22,27). The Kier molecular flexibility index (Phi) is 5.74. The highest BCUT2D eigenvalue weighted by atomic mass is 35.5. The summed E-state index contributed by atoms with van der Waals surface area (Å²) in [4.78, 5) is 35.2. The molecule has 8 nitrogen and oxygen atoms in total. The van der Waals surface area contributed by atoms with Gasteiger partial charge >= 0.3 is 0 Å². The van der Waals surface area contributed by atoms with E-state index in [1.165, 1.54) is 25.1 Å². The van der Waals surface area contributed by atoms with E-state index in [9.17, 15) is 19.7 Å². The van der Waals surface area contributed by atoms with Gasteiger partial charge in [-0.1, -0.05) is 41.4 Å². The zero-order valence-corrected chi connectivity index (χ0v) is 16.4. The van der Waals surface area contributed by atoms with Crippen molar-refractivity contribution in [2.24, 2.45) is 0 Å². The van der Waals surface area contributed by atoms with Gasteiger partial charge in [0.25, 0.3) is 11.2 Å². The van der Waals surface area contributed by atoms with E-state index in [2.05, 4.69) is 10.4 Å². The van der Waals surface area contributed by atoms with E-state index in [-0.39, 0.29) is 16.4 Å². The van der Waals surface area contributed by atoms with E-state index in [1.807, 2.05) is 31.2 Å². The number of aryl methyl sites for hydroxylation is 1. The number of nitro benzene ring substituents is 1. The van der Waals surface area contributed by atoms with Gasteiger partial charge in [-0.2, -0.15) is 5.10 Å². The molecule has 9 heteroatoms. The number of amides is 1. The van der Waals surface area contributed by atoms with Crippen LogP contribution in [0.3, 0.4) is 0 Å². The number of hydrogen-bond acceptors (Lipinski definition) is 5. The Morgan fingerprint density at radius 2 is 1.86 bits per heavy atom. The van der Waals surface area contributed by atoms with Gasteiger partial charge in [0.15, 0.2) is 0 Å². The summed E-state index contributed by atoms with van der Waals surface area (Å²) in [6.07, 6.45) is 0. The maximum Gasteiger partial charge on any atom is 0.289 e. The van der Waals surface area contributed by atoms with Gasteiger partial charge in [0.05, 0.1) is 10.6 Å². The van der Waals surface area contributed by atoms with Crippen LogP contribution in [0.1, 0.15) is 18.5 Å². The summed E-state index contributed by atoms with van der Waals surface area (Å²) in [5.41, 5.74) is 1.88. The van der Waals surface area contributed by atoms with Crippen LogP contribution in [0.2, 0.25) is 5.02 Å². The van der Waals surface area contributed by atoms with E-state index in [4.69, 9.17) is 11.6 Å². The van der Waals surface area contributed by atoms with Crippen molar-refractivity contribution >= 4 is 28.9 Å². The molecule has 148 valence electrons. The van der Waals surface area contributed by atoms with Gasteiger partial charge in [-0.05, 0) is 32.0 Å². The van der Waals surface area contributed by atoms with Gasteiger partial charge in [0.2, 0.25) is 5.91 Å². The number of aromatic nitrogens is 2. The highest BCUT2D eigenvalue weighted by Gasteiger charge is 2.20. The molecule has 0 saturated heterocycles. The van der Waals surface area contributed by atoms with E-state index in [1.54, 1.807) is 6.07 Å². The second-order valence-corrected chi connectivity index (χ2v) is 6.86. The number of nitrogens with zero attached hydrogens (tertiary/aromatic N) is 3. The fourth-order valence-corrected chi connectivity index (χ4v) is 2.86. The molecule has 0 aliphatic carbocycles. The summed E-state index contributed by atoms with van der Waals surface area (Å²) in [6.45, 7) is 3.48. The molecule has 0 spiro atoms. The number of anilines is 1. The van der Waals surface area contributed by atoms with Crippen LogP contribution in [-0.2, 0) is 4.79 Å². The van der Waals surface area contributed by atoms with E-state index in [0.717, 1.165) is 21.9 Å². The lowest BCUT2D eigenvalue weighted by molar-refractivity contribution is -0.384. The minimum absolute atomic E-state index is 0.0373. The van der Waals surface area contributed by atoms with E-state index < -0.39 is 22.4 Å². The Balaban J connectivity index is 1.87. The predicted octanol–water partition coefficient (Wildman–Crippen LogP) is 3.98. The SMILES string of the molecule is Cc1ccc(-c2ccc(=O)n(C(C)C(=O)Nc3ccc(Cl)c([N+](=O)[O-])c3)n2)cc1. The third kappa shape index (κ3) is 4.49. The van der Waals surface area contributed by atoms with Gasteiger partial charge in [0, 0.05) is 23.4 Å². The molecule has 3 rings (SSSR count). The van der Waals surface area contributed by atoms with Crippen molar-refractivity contribution in [3.05, 3.63) is 85.7 Å². The highest BCUT2D eigenvalue weighted by Crippen LogP contribution is 2.27. The molecule has 29 heavy (non-hydrogen) atoms. The van der Waals surface area contributed by atoms with Crippen molar-refractivity contribution < 1.29 is 9.72 Å². The summed E-state index contributed by atoms with van der Waals surface area (Å²) in [6, 6.07) is 13.5. The van der Waals surface area contributed by atoms with Gasteiger partial charge in [0.1, 0.15) is 11.1 Å². The van der Waals surface area contributed by atoms with Gasteiger partial charge in [-0.3, -0.25) is 19.7 Å². The average molecular weight is 413 g/mol. The molecule has 0 aliphatic heterocycles. The molecule has 3 aromatic rings. The van der Waals surface area contributed by atoms with Crippen molar-refractivity contribution in [3.8, 4) is 11.3 Å². The predicted molar refractivity (Wildman–Crippen MR) is 110 cm³/mol. The number of hydrogen-bond donors (Lipinski definition) is 1. The number of benzene rings is 2. The maximum atomic E-state index is 12.6. The third-order valence-electron chi connectivity index (χ3n) is 4.33. The second kappa shape index (κ2) is 8.24. The van der Waals surface area contributed by atoms with Crippen LogP contribution in [0.4, 0.5) is 11.4 Å². The number of carbonyl (C=O) groups excluding carboxylic acids is 1. The first-order valence-electron chi connectivity index (χ1n) is 8.68. The summed E-state index contributed by atoms with van der Waals surface area (Å²) in [5, 5.41) is 17.8. The molecular weight excluding hydrogens is 396 g/mol. The van der Waals surface area contributed by atoms with Crippen LogP contribution in [0.5, 0.6) is 0 Å². The maximum absolute atomic E-state index is 12.6. The van der Waals surface area contributed by atoms with Crippen LogP contribution in [-0.4, -0.2) is 20.6 Å². The highest BCUT2D eigenvalue weighted by molar-refractivity contribution is 6.32. The van der Waals surface area contributed by atoms with Crippen LogP contribution in [0.15, 0.2) is 59.4 Å². The second-order valence-electron chi connectivity index (χ2n) is 6.46. The average Bonchev–Trinajstić information content (AvgIpc) is 2.69. The molecule has 1 heterocycles. The minimum atomic E-state index is -0.942. The first-order chi connectivity index (χ1) is 13.8. The quantitative estimate of drug-likeness (QED) is 0.503. The summed E-state index contributed by atoms with van der Waals surface area (Å²) in [7, 11) is 0. The fraction of sp³-hybridized carbons (Fsp3) is 0.150. The number of halogens is 1. The molecule has 1 unspecified atom stereocenters. The lowest BCUT2D eigenvalue weighted by Gasteiger charge is -2.15. The molecule has 1 atom stereocenters. The minimum Gasteiger partial charge on any atom is -0.324 e. The van der Waals surface area contributed by atoms with Crippen molar-refractivity contribution in [2.45, 2.75) is 19.9 Å². The van der Waals surface area contributed by atoms with Gasteiger partial charge in [-0.25, -0.2) is 4.68 Å². The first-order valence-corrected chi connectivity index (χ1v) is 9.06. The molecule has 0 bridgehead atoms. The monoisotopic (exact) mass is 412 g/mol. The number of rotatable bonds is 5. The molecule has 0 fully saturated rings. The summed E-state index contributed by atoms with van der Waals surface area (Å²) >= 11 is 5.78. The zero-order chi connectivity index (χ0) is 21.1. The van der Waals surface area contributed by atoms with Crippen molar-refractivity contribution in [3.63, 3.8) is 0 Å². The van der Waals surface area contributed by atoms with Gasteiger partial charge < -0.3 is 5.32 Å². The molecule has 0 radical (unpaired) electrons. The van der Waals surface area contributed by atoms with E-state index in [0.29, 0.717) is 5.69 Å². The van der Waals surface area contributed by atoms with Crippen molar-refractivity contribution in [1.29, 1.82) is 0 Å². The Bertz CT molecular complexity index is 1140. The molecule has 0 aliphatic rings. The molecule has 1 N–H and O–H groups in total. The Morgan fingerprint density at radius 3 is 2.52 bits per heavy atom. The number of nitro groups is 1. The summed E-state index contributed by atoms with van der Waals surface area (Å²) in [5.74, 6) is -0.544. The lowest BCUT2D eigenvalue weighted by atomic mass is 10.1. The lowest BCUT2D eigenvalue weighted by Crippen LogP contribution is -2.33. The summed E-state index contributed by atoms with van der Waals surface area (Å²) < 4.78 is 1.08. The number of carbonyl (C=O) groups is 1. The first kappa shape index (κ1) is 20.2. The largest absolute Gasteiger partial charge is 0.324 e. The Hall–Kier alpha value is -3.52. The topological polar surface area (TPSA) is 107 Å². The molecule has 2 aromatic carbocycles. The van der Waals surface area contributed by atoms with Crippen LogP contribution in [0.25, 0.3) is 11.3 Å². The number of nitrogens with one attached hydrogen (secondary N) is 1. The Morgan fingerprint density at radius 1 is 1.17 bits per heavy atom. The Labute approximate surface area is 170 Å². The normalized spacial score (nSPS) is 11.7. The smallest absolute Gasteiger partial charge is 0.289 e. The molecular formula is C20H17ClN4O4. The van der Waals surface area contributed by atoms with Crippen molar-refractivity contribution in [1.82, 2.24) is 9.78 Å². The van der Waals surface area contributed by atoms with Gasteiger partial charge in [-0.15, -0.1) is 0 Å². The van der Waals surface area contributed by atoms with Crippen molar-refractivity contribution in [2.75, 3.05) is 5.32 Å². The van der Waals surface area contributed by atoms with Crippen LogP contribution >= 0.6 is 11.6 Å². The van der Waals surface area contributed by atoms with E-state index >= 15 is 0 Å². The fourth-order valence-electron chi connectivity index (χ4n) is 2.67. The molecule has 1 aromatic heterocycles. The third-order valence-corrected chi connectivity index (χ3v) is 4.65. The van der Waals surface area contributed by atoms with Crippen LogP contribution < -0.4 is 10.9 Å². The van der Waals surface area contributed by atoms with Crippen LogP contribution in [0, 0.1) is 17.0 Å².